The first kappa shape index (κ1) is 23.9. The highest BCUT2D eigenvalue weighted by Gasteiger charge is 2.34. The summed E-state index contributed by atoms with van der Waals surface area (Å²) in [5.41, 5.74) is 3.39. The van der Waals surface area contributed by atoms with Crippen LogP contribution in [0.25, 0.3) is 11.1 Å². The maximum absolute atomic E-state index is 13.6. The van der Waals surface area contributed by atoms with Crippen molar-refractivity contribution in [3.05, 3.63) is 78.2 Å². The van der Waals surface area contributed by atoms with Gasteiger partial charge in [-0.1, -0.05) is 43.3 Å². The average Bonchev–Trinajstić information content (AvgIpc) is 2.86. The molecule has 0 spiro atoms. The lowest BCUT2D eigenvalue weighted by molar-refractivity contribution is 0.0325. The van der Waals surface area contributed by atoms with E-state index in [1.54, 1.807) is 17.3 Å². The van der Waals surface area contributed by atoms with Crippen LogP contribution in [0.5, 0.6) is 5.88 Å². The van der Waals surface area contributed by atoms with Crippen LogP contribution in [0.3, 0.4) is 0 Å². The Hall–Kier alpha value is -3.29. The molecular formula is C27H32N4O3. The third-order valence-corrected chi connectivity index (χ3v) is 6.30. The first-order valence-electron chi connectivity index (χ1n) is 11.7. The van der Waals surface area contributed by atoms with Crippen molar-refractivity contribution in [2.45, 2.75) is 32.5 Å². The number of hydrogen-bond acceptors (Lipinski definition) is 6. The van der Waals surface area contributed by atoms with Gasteiger partial charge in [0.15, 0.2) is 0 Å². The molecule has 1 amide bonds. The van der Waals surface area contributed by atoms with Gasteiger partial charge in [-0.3, -0.25) is 14.7 Å². The van der Waals surface area contributed by atoms with Crippen molar-refractivity contribution in [3.8, 4) is 17.0 Å². The number of amides is 1. The Labute approximate surface area is 201 Å². The Bertz CT molecular complexity index is 1090. The minimum absolute atomic E-state index is 0.0399. The second kappa shape index (κ2) is 10.8. The Morgan fingerprint density at radius 1 is 1.18 bits per heavy atom. The zero-order valence-corrected chi connectivity index (χ0v) is 20.0. The lowest BCUT2D eigenvalue weighted by Crippen LogP contribution is -2.49. The van der Waals surface area contributed by atoms with E-state index in [1.807, 2.05) is 62.6 Å². The van der Waals surface area contributed by atoms with E-state index in [2.05, 4.69) is 27.9 Å². The van der Waals surface area contributed by atoms with Gasteiger partial charge in [0.2, 0.25) is 5.88 Å². The maximum Gasteiger partial charge on any atom is 0.259 e. The van der Waals surface area contributed by atoms with E-state index in [0.29, 0.717) is 24.5 Å². The van der Waals surface area contributed by atoms with Crippen LogP contribution in [-0.2, 0) is 6.54 Å². The predicted octanol–water partition coefficient (Wildman–Crippen LogP) is 3.50. The zero-order chi connectivity index (χ0) is 24.1. The lowest BCUT2D eigenvalue weighted by atomic mass is 9.99. The minimum Gasteiger partial charge on any atom is -0.472 e. The molecule has 0 saturated carbocycles. The van der Waals surface area contributed by atoms with E-state index in [0.717, 1.165) is 23.2 Å². The summed E-state index contributed by atoms with van der Waals surface area (Å²) in [5.74, 6) is 0.208. The van der Waals surface area contributed by atoms with Crippen LogP contribution in [0.2, 0.25) is 0 Å². The quantitative estimate of drug-likeness (QED) is 0.582. The molecule has 178 valence electrons. The summed E-state index contributed by atoms with van der Waals surface area (Å²) in [7, 11) is 2.05. The minimum atomic E-state index is -0.310. The van der Waals surface area contributed by atoms with E-state index in [-0.39, 0.29) is 30.6 Å². The number of aliphatic hydroxyl groups excluding tert-OH is 1. The molecule has 1 aliphatic rings. The van der Waals surface area contributed by atoms with Crippen molar-refractivity contribution in [1.82, 2.24) is 19.8 Å². The van der Waals surface area contributed by atoms with Gasteiger partial charge in [-0.15, -0.1) is 0 Å². The number of benzene rings is 1. The van der Waals surface area contributed by atoms with Crippen molar-refractivity contribution >= 4 is 5.91 Å². The number of fused-ring (bicyclic) bond motifs is 1. The van der Waals surface area contributed by atoms with E-state index in [1.165, 1.54) is 0 Å². The number of pyridine rings is 2. The number of aromatic nitrogens is 2. The third-order valence-electron chi connectivity index (χ3n) is 6.30. The molecule has 4 rings (SSSR count). The monoisotopic (exact) mass is 460 g/mol. The largest absolute Gasteiger partial charge is 0.472 e. The highest BCUT2D eigenvalue weighted by Crippen LogP contribution is 2.30. The van der Waals surface area contributed by atoms with E-state index >= 15 is 0 Å². The second-order valence-corrected chi connectivity index (χ2v) is 9.12. The predicted molar refractivity (Wildman–Crippen MR) is 131 cm³/mol. The second-order valence-electron chi connectivity index (χ2n) is 9.12. The molecule has 3 aromatic rings. The highest BCUT2D eigenvalue weighted by molar-refractivity contribution is 5.98. The van der Waals surface area contributed by atoms with Crippen LogP contribution < -0.4 is 4.74 Å². The molecule has 7 nitrogen and oxygen atoms in total. The van der Waals surface area contributed by atoms with Crippen LogP contribution in [0.4, 0.5) is 0 Å². The van der Waals surface area contributed by atoms with Gasteiger partial charge in [-0.25, -0.2) is 4.98 Å². The number of aliphatic hydroxyl groups is 1. The fraction of sp³-hybridized carbons (Fsp3) is 0.370. The number of carbonyl (C=O) groups excluding carboxylic acids is 1. The number of hydrogen-bond donors (Lipinski definition) is 1. The molecule has 3 heterocycles. The molecule has 0 aliphatic carbocycles. The van der Waals surface area contributed by atoms with Gasteiger partial charge in [-0.05, 0) is 37.2 Å². The topological polar surface area (TPSA) is 78.8 Å². The zero-order valence-electron chi connectivity index (χ0n) is 20.0. The number of rotatable bonds is 7. The van der Waals surface area contributed by atoms with Crippen molar-refractivity contribution in [2.24, 2.45) is 5.92 Å². The number of likely N-dealkylation sites (N-methyl/N-ethyl adjacent to an activating group) is 1. The molecule has 0 radical (unpaired) electrons. The molecule has 3 atom stereocenters. The van der Waals surface area contributed by atoms with Crippen LogP contribution in [0.1, 0.15) is 29.8 Å². The van der Waals surface area contributed by atoms with Gasteiger partial charge in [-0.2, -0.15) is 0 Å². The van der Waals surface area contributed by atoms with Crippen molar-refractivity contribution in [3.63, 3.8) is 0 Å². The Kier molecular flexibility index (Phi) is 7.55. The molecule has 0 saturated heterocycles. The summed E-state index contributed by atoms with van der Waals surface area (Å²) >= 11 is 0. The first-order valence-corrected chi connectivity index (χ1v) is 11.7. The van der Waals surface area contributed by atoms with Gasteiger partial charge in [0.05, 0.1) is 12.6 Å². The van der Waals surface area contributed by atoms with Gasteiger partial charge >= 0.3 is 0 Å². The van der Waals surface area contributed by atoms with Crippen LogP contribution in [-0.4, -0.2) is 69.7 Å². The number of carbonyl (C=O) groups is 1. The van der Waals surface area contributed by atoms with Crippen LogP contribution >= 0.6 is 0 Å². The Balaban J connectivity index is 1.65. The highest BCUT2D eigenvalue weighted by atomic mass is 16.5. The SMILES string of the molecule is C[C@@H]1CN([C@@H](C)CO)C(=O)c2cc(-c3ccccc3)cnc2O[C@@H]1CN(C)Cc1cccnc1. The van der Waals surface area contributed by atoms with E-state index < -0.39 is 0 Å². The Morgan fingerprint density at radius 3 is 2.68 bits per heavy atom. The van der Waals surface area contributed by atoms with Gasteiger partial charge in [0, 0.05) is 49.7 Å². The fourth-order valence-corrected chi connectivity index (χ4v) is 4.28. The molecule has 7 heteroatoms. The van der Waals surface area contributed by atoms with E-state index in [9.17, 15) is 9.90 Å². The first-order chi connectivity index (χ1) is 16.5. The van der Waals surface area contributed by atoms with Gasteiger partial charge < -0.3 is 14.7 Å². The van der Waals surface area contributed by atoms with Gasteiger partial charge in [0.25, 0.3) is 5.91 Å². The number of ether oxygens (including phenoxy) is 1. The molecule has 1 aromatic carbocycles. The van der Waals surface area contributed by atoms with Gasteiger partial charge in [0.1, 0.15) is 11.7 Å². The normalized spacial score (nSPS) is 19.2. The fourth-order valence-electron chi connectivity index (χ4n) is 4.28. The molecule has 2 aromatic heterocycles. The molecule has 1 N–H and O–H groups in total. The Morgan fingerprint density at radius 2 is 1.97 bits per heavy atom. The molecule has 0 bridgehead atoms. The maximum atomic E-state index is 13.6. The standard InChI is InChI=1S/C27H32N4O3/c1-19-15-31(20(2)18-32)27(33)24-12-23(22-9-5-4-6-10-22)14-29-26(24)34-25(19)17-30(3)16-21-8-7-11-28-13-21/h4-14,19-20,25,32H,15-18H2,1-3H3/t19-,20+,25-/m1/s1. The molecular weight excluding hydrogens is 428 g/mol. The molecule has 0 fully saturated rings. The van der Waals surface area contributed by atoms with E-state index in [4.69, 9.17) is 4.74 Å². The van der Waals surface area contributed by atoms with Crippen LogP contribution in [0, 0.1) is 5.92 Å². The summed E-state index contributed by atoms with van der Waals surface area (Å²) in [6.45, 7) is 5.73. The average molecular weight is 461 g/mol. The summed E-state index contributed by atoms with van der Waals surface area (Å²) in [6, 6.07) is 15.4. The molecule has 34 heavy (non-hydrogen) atoms. The summed E-state index contributed by atoms with van der Waals surface area (Å²) in [6.07, 6.45) is 5.20. The van der Waals surface area contributed by atoms with Crippen LogP contribution in [0.15, 0.2) is 67.1 Å². The smallest absolute Gasteiger partial charge is 0.259 e. The number of nitrogens with zero attached hydrogens (tertiary/aromatic N) is 4. The molecule has 0 unspecified atom stereocenters. The summed E-state index contributed by atoms with van der Waals surface area (Å²) < 4.78 is 6.40. The molecule has 1 aliphatic heterocycles. The van der Waals surface area contributed by atoms with Crippen molar-refractivity contribution < 1.29 is 14.6 Å². The third kappa shape index (κ3) is 5.43. The van der Waals surface area contributed by atoms with Crippen molar-refractivity contribution in [1.29, 1.82) is 0 Å². The summed E-state index contributed by atoms with van der Waals surface area (Å²) in [5, 5.41) is 9.85. The van der Waals surface area contributed by atoms with Crippen molar-refractivity contribution in [2.75, 3.05) is 26.7 Å². The summed E-state index contributed by atoms with van der Waals surface area (Å²) in [4.78, 5) is 26.3. The lowest BCUT2D eigenvalue weighted by Gasteiger charge is -2.37.